The van der Waals surface area contributed by atoms with Crippen LogP contribution >= 0.6 is 11.6 Å². The minimum atomic E-state index is -0.825. The van der Waals surface area contributed by atoms with Crippen molar-refractivity contribution in [1.82, 2.24) is 10.3 Å². The molecule has 0 atom stereocenters. The van der Waals surface area contributed by atoms with E-state index in [2.05, 4.69) is 14.9 Å². The second kappa shape index (κ2) is 2.38. The third-order valence-corrected chi connectivity index (χ3v) is 1.66. The molecule has 0 aliphatic rings. The van der Waals surface area contributed by atoms with E-state index in [9.17, 15) is 8.78 Å². The van der Waals surface area contributed by atoms with Crippen LogP contribution in [0.2, 0.25) is 5.02 Å². The van der Waals surface area contributed by atoms with Gasteiger partial charge in [-0.25, -0.2) is 13.4 Å². The Morgan fingerprint density at radius 1 is 1.25 bits per heavy atom. The van der Waals surface area contributed by atoms with Gasteiger partial charge in [-0.05, 0) is 16.4 Å². The molecule has 0 amide bonds. The van der Waals surface area contributed by atoms with Crippen molar-refractivity contribution in [2.45, 2.75) is 0 Å². The average molecular weight is 191 g/mol. The van der Waals surface area contributed by atoms with Crippen LogP contribution in [0.5, 0.6) is 0 Å². The topological polar surface area (TPSA) is 38.9 Å². The van der Waals surface area contributed by atoms with Crippen LogP contribution in [0.15, 0.2) is 10.7 Å². The SMILES string of the molecule is Fc1cc(Cl)c(F)c2nonc12. The number of aromatic nitrogens is 2. The predicted molar refractivity (Wildman–Crippen MR) is 36.7 cm³/mol. The third-order valence-electron chi connectivity index (χ3n) is 1.39. The number of nitrogens with zero attached hydrogens (tertiary/aromatic N) is 2. The van der Waals surface area contributed by atoms with Crippen LogP contribution in [0.25, 0.3) is 11.0 Å². The van der Waals surface area contributed by atoms with Gasteiger partial charge in [-0.15, -0.1) is 0 Å². The fraction of sp³-hybridized carbons (Fsp3) is 0. The van der Waals surface area contributed by atoms with Crippen LogP contribution < -0.4 is 0 Å². The van der Waals surface area contributed by atoms with E-state index < -0.39 is 11.6 Å². The van der Waals surface area contributed by atoms with Crippen LogP contribution in [-0.4, -0.2) is 10.3 Å². The van der Waals surface area contributed by atoms with Gasteiger partial charge in [0.2, 0.25) is 0 Å². The molecule has 0 unspecified atom stereocenters. The monoisotopic (exact) mass is 190 g/mol. The van der Waals surface area contributed by atoms with E-state index in [0.29, 0.717) is 0 Å². The summed E-state index contributed by atoms with van der Waals surface area (Å²) < 4.78 is 29.9. The first-order valence-corrected chi connectivity index (χ1v) is 3.33. The highest BCUT2D eigenvalue weighted by Gasteiger charge is 2.15. The lowest BCUT2D eigenvalue weighted by molar-refractivity contribution is 0.313. The molecule has 1 heterocycles. The molecule has 0 spiro atoms. The van der Waals surface area contributed by atoms with Gasteiger partial charge in [-0.1, -0.05) is 11.6 Å². The van der Waals surface area contributed by atoms with Crippen LogP contribution in [0.1, 0.15) is 0 Å². The maximum Gasteiger partial charge on any atom is 0.175 e. The highest BCUT2D eigenvalue weighted by Crippen LogP contribution is 2.24. The van der Waals surface area contributed by atoms with E-state index in [-0.39, 0.29) is 16.1 Å². The smallest absolute Gasteiger partial charge is 0.175 e. The minimum Gasteiger partial charge on any atom is -0.243 e. The Labute approximate surface area is 69.9 Å². The number of rotatable bonds is 0. The first-order valence-electron chi connectivity index (χ1n) is 2.96. The van der Waals surface area contributed by atoms with E-state index in [1.165, 1.54) is 0 Å². The van der Waals surface area contributed by atoms with E-state index >= 15 is 0 Å². The van der Waals surface area contributed by atoms with Gasteiger partial charge in [-0.3, -0.25) is 0 Å². The van der Waals surface area contributed by atoms with Crippen molar-refractivity contribution < 1.29 is 13.4 Å². The summed E-state index contributed by atoms with van der Waals surface area (Å²) in [5.41, 5.74) is -0.545. The van der Waals surface area contributed by atoms with Crippen LogP contribution in [0.4, 0.5) is 8.78 Å². The second-order valence-electron chi connectivity index (χ2n) is 2.12. The molecule has 0 fully saturated rings. The summed E-state index contributed by atoms with van der Waals surface area (Å²) in [6, 6.07) is 0.823. The second-order valence-corrected chi connectivity index (χ2v) is 2.52. The molecular weight excluding hydrogens is 190 g/mol. The van der Waals surface area contributed by atoms with Crippen molar-refractivity contribution in [3.8, 4) is 0 Å². The summed E-state index contributed by atoms with van der Waals surface area (Å²) in [6.07, 6.45) is 0. The summed E-state index contributed by atoms with van der Waals surface area (Å²) in [4.78, 5) is 0. The van der Waals surface area contributed by atoms with E-state index in [4.69, 9.17) is 11.6 Å². The Kier molecular flexibility index (Phi) is 1.47. The van der Waals surface area contributed by atoms with Crippen molar-refractivity contribution in [3.05, 3.63) is 22.7 Å². The maximum absolute atomic E-state index is 13.0. The number of fused-ring (bicyclic) bond motifs is 1. The summed E-state index contributed by atoms with van der Waals surface area (Å²) in [7, 11) is 0. The molecule has 1 aromatic heterocycles. The van der Waals surface area contributed by atoms with Crippen molar-refractivity contribution in [3.63, 3.8) is 0 Å². The Morgan fingerprint density at radius 2 is 1.92 bits per heavy atom. The molecule has 6 heteroatoms. The predicted octanol–water partition coefficient (Wildman–Crippen LogP) is 2.15. The fourth-order valence-electron chi connectivity index (χ4n) is 0.845. The first kappa shape index (κ1) is 7.42. The van der Waals surface area contributed by atoms with E-state index in [0.717, 1.165) is 6.07 Å². The van der Waals surface area contributed by atoms with Crippen LogP contribution in [-0.2, 0) is 0 Å². The lowest BCUT2D eigenvalue weighted by Gasteiger charge is -1.92. The molecule has 0 aliphatic heterocycles. The van der Waals surface area contributed by atoms with Gasteiger partial charge < -0.3 is 0 Å². The summed E-state index contributed by atoms with van der Waals surface area (Å²) in [5, 5.41) is 5.98. The molecule has 62 valence electrons. The molecule has 0 radical (unpaired) electrons. The number of hydrogen-bond acceptors (Lipinski definition) is 3. The van der Waals surface area contributed by atoms with Gasteiger partial charge in [0.1, 0.15) is 0 Å². The highest BCUT2D eigenvalue weighted by molar-refractivity contribution is 6.31. The van der Waals surface area contributed by atoms with Gasteiger partial charge in [0.25, 0.3) is 0 Å². The molecule has 0 N–H and O–H groups in total. The molecule has 0 saturated heterocycles. The van der Waals surface area contributed by atoms with E-state index in [1.54, 1.807) is 0 Å². The first-order chi connectivity index (χ1) is 5.70. The molecule has 0 bridgehead atoms. The highest BCUT2D eigenvalue weighted by atomic mass is 35.5. The fourth-order valence-corrected chi connectivity index (χ4v) is 1.03. The normalized spacial score (nSPS) is 10.9. The number of benzene rings is 1. The van der Waals surface area contributed by atoms with Crippen LogP contribution in [0.3, 0.4) is 0 Å². The molecule has 2 rings (SSSR count). The van der Waals surface area contributed by atoms with Gasteiger partial charge in [-0.2, -0.15) is 0 Å². The minimum absolute atomic E-state index is 0.253. The summed E-state index contributed by atoms with van der Waals surface area (Å²) >= 11 is 5.33. The summed E-state index contributed by atoms with van der Waals surface area (Å²) in [6.45, 7) is 0. The van der Waals surface area contributed by atoms with Gasteiger partial charge in [0, 0.05) is 0 Å². The lowest BCUT2D eigenvalue weighted by Crippen LogP contribution is -1.84. The quantitative estimate of drug-likeness (QED) is 0.598. The Bertz CT molecular complexity index is 442. The zero-order valence-electron chi connectivity index (χ0n) is 5.51. The summed E-state index contributed by atoms with van der Waals surface area (Å²) in [5.74, 6) is -1.58. The van der Waals surface area contributed by atoms with E-state index in [1.807, 2.05) is 0 Å². The molecule has 3 nitrogen and oxygen atoms in total. The van der Waals surface area contributed by atoms with Gasteiger partial charge >= 0.3 is 0 Å². The average Bonchev–Trinajstić information content (AvgIpc) is 2.48. The lowest BCUT2D eigenvalue weighted by atomic mass is 10.3. The van der Waals surface area contributed by atoms with Crippen LogP contribution in [0, 0.1) is 11.6 Å². The molecule has 12 heavy (non-hydrogen) atoms. The van der Waals surface area contributed by atoms with Crippen molar-refractivity contribution >= 4 is 22.6 Å². The maximum atomic E-state index is 13.0. The molecule has 0 aliphatic carbocycles. The van der Waals surface area contributed by atoms with Crippen molar-refractivity contribution in [2.75, 3.05) is 0 Å². The number of halogens is 3. The third kappa shape index (κ3) is 0.863. The number of hydrogen-bond donors (Lipinski definition) is 0. The van der Waals surface area contributed by atoms with Gasteiger partial charge in [0.05, 0.1) is 5.02 Å². The zero-order valence-corrected chi connectivity index (χ0v) is 6.27. The Balaban J connectivity index is 2.97. The molecule has 0 saturated carbocycles. The molecule has 1 aromatic carbocycles. The Hall–Kier alpha value is -1.23. The van der Waals surface area contributed by atoms with Crippen molar-refractivity contribution in [1.29, 1.82) is 0 Å². The van der Waals surface area contributed by atoms with Gasteiger partial charge in [0.15, 0.2) is 22.7 Å². The molecular formula is C6HClF2N2O. The van der Waals surface area contributed by atoms with Crippen molar-refractivity contribution in [2.24, 2.45) is 0 Å². The Morgan fingerprint density at radius 3 is 2.67 bits per heavy atom. The standard InChI is InChI=1S/C6HClF2N2O/c7-2-1-3(8)5-6(4(2)9)11-12-10-5/h1H. The largest absolute Gasteiger partial charge is 0.243 e. The molecule has 2 aromatic rings. The zero-order chi connectivity index (χ0) is 8.72.